The summed E-state index contributed by atoms with van der Waals surface area (Å²) in [5.41, 5.74) is 3.47. The minimum atomic E-state index is -3.94. The number of hydrogen-bond donors (Lipinski definition) is 1. The highest BCUT2D eigenvalue weighted by Gasteiger charge is 2.28. The van der Waals surface area contributed by atoms with Crippen molar-refractivity contribution in [3.05, 3.63) is 65.0 Å². The molecule has 0 aliphatic heterocycles. The van der Waals surface area contributed by atoms with Crippen LogP contribution < -0.4 is 9.62 Å². The first-order valence-corrected chi connectivity index (χ1v) is 10.8. The number of hydrogen-bond acceptors (Lipinski definition) is 3. The fourth-order valence-electron chi connectivity index (χ4n) is 2.88. The summed E-state index contributed by atoms with van der Waals surface area (Å²) < 4.78 is 40.7. The minimum absolute atomic E-state index is 0.217. The van der Waals surface area contributed by atoms with Crippen molar-refractivity contribution in [1.29, 1.82) is 0 Å². The Morgan fingerprint density at radius 3 is 2.21 bits per heavy atom. The summed E-state index contributed by atoms with van der Waals surface area (Å²) in [5, 5.41) is 2.91. The first kappa shape index (κ1) is 22.8. The Labute approximate surface area is 172 Å². The lowest BCUT2D eigenvalue weighted by Crippen LogP contribution is -2.46. The maximum absolute atomic E-state index is 13.3. The third-order valence-corrected chi connectivity index (χ3v) is 6.64. The third-order valence-electron chi connectivity index (χ3n) is 4.82. The Morgan fingerprint density at radius 2 is 1.69 bits per heavy atom. The van der Waals surface area contributed by atoms with E-state index in [1.807, 2.05) is 39.0 Å². The van der Waals surface area contributed by atoms with Gasteiger partial charge in [-0.25, -0.2) is 8.70 Å². The Morgan fingerprint density at radius 1 is 1.07 bits per heavy atom. The van der Waals surface area contributed by atoms with E-state index in [9.17, 15) is 17.6 Å². The molecular formula is C21H28FN3O3S. The molecule has 0 saturated heterocycles. The van der Waals surface area contributed by atoms with E-state index < -0.39 is 28.5 Å². The molecular weight excluding hydrogens is 393 g/mol. The van der Waals surface area contributed by atoms with Crippen molar-refractivity contribution in [3.63, 3.8) is 0 Å². The van der Waals surface area contributed by atoms with E-state index in [2.05, 4.69) is 5.32 Å². The van der Waals surface area contributed by atoms with Crippen LogP contribution in [0.5, 0.6) is 0 Å². The Hall–Kier alpha value is -2.45. The molecule has 1 amide bonds. The number of rotatable bonds is 8. The molecule has 158 valence electrons. The average Bonchev–Trinajstić information content (AvgIpc) is 2.67. The van der Waals surface area contributed by atoms with Crippen LogP contribution in [0.3, 0.4) is 0 Å². The second kappa shape index (κ2) is 9.37. The van der Waals surface area contributed by atoms with Crippen LogP contribution in [0.2, 0.25) is 0 Å². The van der Waals surface area contributed by atoms with Crippen molar-refractivity contribution < 1.29 is 17.6 Å². The Balaban J connectivity index is 2.26. The van der Waals surface area contributed by atoms with Gasteiger partial charge in [0.25, 0.3) is 0 Å². The first-order valence-electron chi connectivity index (χ1n) is 9.38. The highest BCUT2D eigenvalue weighted by molar-refractivity contribution is 7.90. The van der Waals surface area contributed by atoms with E-state index >= 15 is 0 Å². The van der Waals surface area contributed by atoms with E-state index in [0.717, 1.165) is 37.4 Å². The van der Waals surface area contributed by atoms with Crippen LogP contribution in [-0.4, -0.2) is 39.3 Å². The van der Waals surface area contributed by atoms with Crippen molar-refractivity contribution in [1.82, 2.24) is 9.62 Å². The van der Waals surface area contributed by atoms with Crippen LogP contribution in [0.4, 0.5) is 10.1 Å². The average molecular weight is 422 g/mol. The number of amides is 1. The number of aryl methyl sites for hydroxylation is 2. The van der Waals surface area contributed by atoms with Crippen LogP contribution in [0.25, 0.3) is 0 Å². The van der Waals surface area contributed by atoms with Crippen molar-refractivity contribution in [2.45, 2.75) is 33.2 Å². The van der Waals surface area contributed by atoms with E-state index in [4.69, 9.17) is 0 Å². The molecule has 0 heterocycles. The van der Waals surface area contributed by atoms with Gasteiger partial charge in [-0.3, -0.25) is 4.79 Å². The van der Waals surface area contributed by atoms with E-state index in [-0.39, 0.29) is 11.7 Å². The summed E-state index contributed by atoms with van der Waals surface area (Å²) in [6, 6.07) is 10.8. The minimum Gasteiger partial charge on any atom is -0.348 e. The molecule has 0 spiro atoms. The lowest BCUT2D eigenvalue weighted by Gasteiger charge is -2.28. The normalized spacial score (nSPS) is 12.7. The molecule has 29 heavy (non-hydrogen) atoms. The molecule has 1 N–H and O–H groups in total. The topological polar surface area (TPSA) is 69.7 Å². The molecule has 0 fully saturated rings. The predicted molar refractivity (Wildman–Crippen MR) is 113 cm³/mol. The molecule has 1 unspecified atom stereocenters. The van der Waals surface area contributed by atoms with Gasteiger partial charge in [0, 0.05) is 14.1 Å². The van der Waals surface area contributed by atoms with Gasteiger partial charge >= 0.3 is 10.2 Å². The van der Waals surface area contributed by atoms with Crippen molar-refractivity contribution >= 4 is 21.8 Å². The Kier molecular flexibility index (Phi) is 7.37. The zero-order chi connectivity index (χ0) is 21.8. The first-order chi connectivity index (χ1) is 13.6. The van der Waals surface area contributed by atoms with Gasteiger partial charge in [-0.15, -0.1) is 0 Å². The maximum atomic E-state index is 13.3. The highest BCUT2D eigenvalue weighted by atomic mass is 32.2. The molecule has 1 atom stereocenters. The summed E-state index contributed by atoms with van der Waals surface area (Å²) in [4.78, 5) is 12.7. The summed E-state index contributed by atoms with van der Waals surface area (Å²) in [7, 11) is -1.17. The van der Waals surface area contributed by atoms with Gasteiger partial charge in [-0.2, -0.15) is 12.7 Å². The number of carbonyl (C=O) groups is 1. The van der Waals surface area contributed by atoms with Gasteiger partial charge in [-0.1, -0.05) is 25.1 Å². The van der Waals surface area contributed by atoms with Gasteiger partial charge in [0.2, 0.25) is 5.91 Å². The highest BCUT2D eigenvalue weighted by Crippen LogP contribution is 2.22. The van der Waals surface area contributed by atoms with Crippen LogP contribution in [0, 0.1) is 19.7 Å². The lowest BCUT2D eigenvalue weighted by molar-refractivity contribution is -0.120. The Bertz CT molecular complexity index is 960. The van der Waals surface area contributed by atoms with Gasteiger partial charge in [0.15, 0.2) is 0 Å². The fourth-order valence-corrected chi connectivity index (χ4v) is 3.95. The van der Waals surface area contributed by atoms with E-state index in [1.54, 1.807) is 0 Å². The monoisotopic (exact) mass is 421 g/mol. The smallest absolute Gasteiger partial charge is 0.304 e. The van der Waals surface area contributed by atoms with Crippen LogP contribution in [-0.2, 0) is 15.0 Å². The zero-order valence-corrected chi connectivity index (χ0v) is 18.3. The fraction of sp³-hybridized carbons (Fsp3) is 0.381. The molecule has 0 aliphatic carbocycles. The van der Waals surface area contributed by atoms with Crippen LogP contribution >= 0.6 is 0 Å². The van der Waals surface area contributed by atoms with Gasteiger partial charge in [0.05, 0.1) is 11.7 Å². The second-order valence-corrected chi connectivity index (χ2v) is 9.21. The standard InChI is InChI=1S/C21H28FN3O3S/c1-6-20(17-8-7-15(2)16(3)13-17)23-21(26)14-25(29(27,28)24(4)5)19-11-9-18(22)10-12-19/h7-13,20H,6,14H2,1-5H3,(H,23,26). The molecule has 8 heteroatoms. The summed E-state index contributed by atoms with van der Waals surface area (Å²) in [6.07, 6.45) is 0.658. The predicted octanol–water partition coefficient (Wildman–Crippen LogP) is 3.32. The molecule has 6 nitrogen and oxygen atoms in total. The largest absolute Gasteiger partial charge is 0.348 e. The SMILES string of the molecule is CCC(NC(=O)CN(c1ccc(F)cc1)S(=O)(=O)N(C)C)c1ccc(C)c(C)c1. The number of nitrogens with zero attached hydrogens (tertiary/aromatic N) is 2. The molecule has 0 aliphatic rings. The molecule has 0 bridgehead atoms. The molecule has 2 aromatic carbocycles. The number of anilines is 1. The van der Waals surface area contributed by atoms with Crippen LogP contribution in [0.1, 0.15) is 36.1 Å². The number of benzene rings is 2. The number of carbonyl (C=O) groups excluding carboxylic acids is 1. The molecule has 0 aromatic heterocycles. The number of nitrogens with one attached hydrogen (secondary N) is 1. The molecule has 0 radical (unpaired) electrons. The lowest BCUT2D eigenvalue weighted by atomic mass is 9.99. The molecule has 2 rings (SSSR count). The van der Waals surface area contributed by atoms with E-state index in [0.29, 0.717) is 6.42 Å². The zero-order valence-electron chi connectivity index (χ0n) is 17.4. The van der Waals surface area contributed by atoms with E-state index in [1.165, 1.54) is 26.2 Å². The second-order valence-electron chi connectivity index (χ2n) is 7.15. The summed E-state index contributed by atoms with van der Waals surface area (Å²) >= 11 is 0. The molecule has 2 aromatic rings. The van der Waals surface area contributed by atoms with Crippen LogP contribution in [0.15, 0.2) is 42.5 Å². The summed E-state index contributed by atoms with van der Waals surface area (Å²) in [6.45, 7) is 5.57. The van der Waals surface area contributed by atoms with Gasteiger partial charge in [0.1, 0.15) is 12.4 Å². The molecule has 0 saturated carbocycles. The maximum Gasteiger partial charge on any atom is 0.304 e. The third kappa shape index (κ3) is 5.55. The van der Waals surface area contributed by atoms with Crippen molar-refractivity contribution in [2.24, 2.45) is 0 Å². The summed E-state index contributed by atoms with van der Waals surface area (Å²) in [5.74, 6) is -0.925. The van der Waals surface area contributed by atoms with Gasteiger partial charge < -0.3 is 5.32 Å². The van der Waals surface area contributed by atoms with Crippen molar-refractivity contribution in [2.75, 3.05) is 24.9 Å². The van der Waals surface area contributed by atoms with Crippen molar-refractivity contribution in [3.8, 4) is 0 Å². The quantitative estimate of drug-likeness (QED) is 0.711. The van der Waals surface area contributed by atoms with Gasteiger partial charge in [-0.05, 0) is 61.2 Å². The number of halogens is 1.